The van der Waals surface area contributed by atoms with Crippen LogP contribution in [0.2, 0.25) is 0 Å². The molecule has 43 heavy (non-hydrogen) atoms. The molecule has 1 saturated heterocycles. The molecule has 10 heteroatoms. The van der Waals surface area contributed by atoms with E-state index < -0.39 is 5.82 Å². The highest BCUT2D eigenvalue weighted by Gasteiger charge is 2.34. The van der Waals surface area contributed by atoms with Crippen molar-refractivity contribution < 1.29 is 14.3 Å². The molecule has 1 aliphatic carbocycles. The van der Waals surface area contributed by atoms with Crippen LogP contribution in [0.15, 0.2) is 59.7 Å². The van der Waals surface area contributed by atoms with Crippen molar-refractivity contribution in [2.24, 2.45) is 11.3 Å². The molecule has 1 aromatic carbocycles. The van der Waals surface area contributed by atoms with Crippen molar-refractivity contribution in [2.45, 2.75) is 58.5 Å². The van der Waals surface area contributed by atoms with Gasteiger partial charge in [0.05, 0.1) is 40.3 Å². The van der Waals surface area contributed by atoms with Crippen LogP contribution in [0.1, 0.15) is 52.4 Å². The number of amides is 1. The summed E-state index contributed by atoms with van der Waals surface area (Å²) < 4.78 is 15.5. The molecule has 4 aromatic rings. The summed E-state index contributed by atoms with van der Waals surface area (Å²) in [4.78, 5) is 39.6. The van der Waals surface area contributed by atoms with Crippen LogP contribution in [-0.2, 0) is 4.79 Å². The van der Waals surface area contributed by atoms with E-state index in [1.165, 1.54) is 12.3 Å². The lowest BCUT2D eigenvalue weighted by atomic mass is 9.81. The van der Waals surface area contributed by atoms with E-state index in [0.29, 0.717) is 46.8 Å². The summed E-state index contributed by atoms with van der Waals surface area (Å²) in [7, 11) is 0. The largest absolute Gasteiger partial charge is 0.392 e. The van der Waals surface area contributed by atoms with E-state index in [9.17, 15) is 14.7 Å². The van der Waals surface area contributed by atoms with Crippen molar-refractivity contribution in [3.05, 3.63) is 71.0 Å². The SMILES string of the molecule is CC1(C)CN(c2ccc(Nc3cc(-c4ccc(NC(=O)C5CCCCC5)cc4F)nc4cc[nH]c(=O)c34)nc2)CC[C@H]1O. The maximum atomic E-state index is 15.5. The Hall–Kier alpha value is -4.31. The number of fused-ring (bicyclic) bond motifs is 1. The number of nitrogens with one attached hydrogen (secondary N) is 3. The van der Waals surface area contributed by atoms with Crippen LogP contribution in [0, 0.1) is 17.2 Å². The first-order valence-corrected chi connectivity index (χ1v) is 15.0. The van der Waals surface area contributed by atoms with Crippen molar-refractivity contribution in [1.29, 1.82) is 0 Å². The first kappa shape index (κ1) is 28.8. The van der Waals surface area contributed by atoms with Gasteiger partial charge in [0.2, 0.25) is 5.91 Å². The van der Waals surface area contributed by atoms with E-state index in [1.807, 2.05) is 12.1 Å². The minimum atomic E-state index is -0.527. The number of halogens is 1. The number of piperidine rings is 1. The van der Waals surface area contributed by atoms with Gasteiger partial charge in [-0.3, -0.25) is 9.59 Å². The van der Waals surface area contributed by atoms with Crippen molar-refractivity contribution in [2.75, 3.05) is 28.6 Å². The number of pyridine rings is 3. The molecule has 1 atom stereocenters. The summed E-state index contributed by atoms with van der Waals surface area (Å²) >= 11 is 0. The van der Waals surface area contributed by atoms with E-state index in [-0.39, 0.29) is 34.5 Å². The van der Waals surface area contributed by atoms with Crippen LogP contribution >= 0.6 is 0 Å². The number of aromatic amines is 1. The third-order valence-corrected chi connectivity index (χ3v) is 8.77. The zero-order valence-corrected chi connectivity index (χ0v) is 24.5. The van der Waals surface area contributed by atoms with E-state index >= 15 is 4.39 Å². The molecule has 9 nitrogen and oxygen atoms in total. The van der Waals surface area contributed by atoms with Gasteiger partial charge in [-0.25, -0.2) is 14.4 Å². The first-order chi connectivity index (χ1) is 20.7. The predicted octanol–water partition coefficient (Wildman–Crippen LogP) is 5.98. The molecule has 0 unspecified atom stereocenters. The second kappa shape index (κ2) is 11.8. The highest BCUT2D eigenvalue weighted by Crippen LogP contribution is 2.34. The molecule has 4 N–H and O–H groups in total. The van der Waals surface area contributed by atoms with Gasteiger partial charge in [-0.05, 0) is 61.7 Å². The Kier molecular flexibility index (Phi) is 7.87. The summed E-state index contributed by atoms with van der Waals surface area (Å²) in [6, 6.07) is 11.7. The van der Waals surface area contributed by atoms with Crippen LogP contribution in [-0.4, -0.2) is 45.2 Å². The van der Waals surface area contributed by atoms with Crippen LogP contribution < -0.4 is 21.1 Å². The van der Waals surface area contributed by atoms with E-state index in [2.05, 4.69) is 44.3 Å². The van der Waals surface area contributed by atoms with E-state index in [1.54, 1.807) is 30.5 Å². The lowest BCUT2D eigenvalue weighted by Crippen LogP contribution is -2.48. The van der Waals surface area contributed by atoms with Crippen molar-refractivity contribution in [1.82, 2.24) is 15.0 Å². The number of nitrogens with zero attached hydrogens (tertiary/aromatic N) is 3. The van der Waals surface area contributed by atoms with Gasteiger partial charge in [0, 0.05) is 41.9 Å². The molecule has 0 bridgehead atoms. The monoisotopic (exact) mass is 584 g/mol. The number of H-pyrrole nitrogens is 1. The Labute approximate surface area is 249 Å². The third kappa shape index (κ3) is 6.10. The van der Waals surface area contributed by atoms with Crippen LogP contribution in [0.4, 0.5) is 27.3 Å². The second-order valence-electron chi connectivity index (χ2n) is 12.4. The number of carbonyl (C=O) groups excluding carboxylic acids is 1. The van der Waals surface area contributed by atoms with Gasteiger partial charge >= 0.3 is 0 Å². The number of aliphatic hydroxyl groups excluding tert-OH is 1. The Morgan fingerprint density at radius 1 is 1.09 bits per heavy atom. The molecule has 2 aliphatic rings. The fourth-order valence-corrected chi connectivity index (χ4v) is 6.19. The molecule has 4 heterocycles. The normalized spacial score (nSPS) is 18.9. The minimum absolute atomic E-state index is 0.0346. The van der Waals surface area contributed by atoms with Crippen LogP contribution in [0.3, 0.4) is 0 Å². The van der Waals surface area contributed by atoms with Crippen LogP contribution in [0.5, 0.6) is 0 Å². The average molecular weight is 585 g/mol. The Morgan fingerprint density at radius 3 is 2.63 bits per heavy atom. The Bertz CT molecular complexity index is 1700. The lowest BCUT2D eigenvalue weighted by Gasteiger charge is -2.42. The number of aromatic nitrogens is 3. The summed E-state index contributed by atoms with van der Waals surface area (Å²) in [5, 5.41) is 16.7. The van der Waals surface area contributed by atoms with Crippen LogP contribution in [0.25, 0.3) is 22.2 Å². The number of hydrogen-bond donors (Lipinski definition) is 4. The second-order valence-corrected chi connectivity index (χ2v) is 12.4. The zero-order valence-electron chi connectivity index (χ0n) is 24.5. The third-order valence-electron chi connectivity index (χ3n) is 8.77. The molecule has 1 amide bonds. The quantitative estimate of drug-likeness (QED) is 0.220. The fraction of sp³-hybridized carbons (Fsp3) is 0.394. The van der Waals surface area contributed by atoms with Gasteiger partial charge < -0.3 is 25.6 Å². The summed E-state index contributed by atoms with van der Waals surface area (Å²) in [6.07, 6.45) is 8.58. The van der Waals surface area contributed by atoms with Gasteiger partial charge in [0.25, 0.3) is 5.56 Å². The molecule has 0 radical (unpaired) electrons. The molecule has 1 aliphatic heterocycles. The number of hydrogen-bond acceptors (Lipinski definition) is 7. The Morgan fingerprint density at radius 2 is 1.91 bits per heavy atom. The van der Waals surface area contributed by atoms with Gasteiger partial charge in [-0.15, -0.1) is 0 Å². The Balaban J connectivity index is 1.26. The maximum Gasteiger partial charge on any atom is 0.259 e. The van der Waals surface area contributed by atoms with E-state index in [4.69, 9.17) is 0 Å². The molecule has 6 rings (SSSR count). The highest BCUT2D eigenvalue weighted by molar-refractivity contribution is 5.95. The molecule has 3 aromatic heterocycles. The predicted molar refractivity (Wildman–Crippen MR) is 167 cm³/mol. The average Bonchev–Trinajstić information content (AvgIpc) is 2.99. The maximum absolute atomic E-state index is 15.5. The number of anilines is 4. The van der Waals surface area contributed by atoms with E-state index in [0.717, 1.165) is 44.3 Å². The minimum Gasteiger partial charge on any atom is -0.392 e. The highest BCUT2D eigenvalue weighted by atomic mass is 19.1. The number of benzene rings is 1. The topological polar surface area (TPSA) is 123 Å². The smallest absolute Gasteiger partial charge is 0.259 e. The number of rotatable bonds is 6. The number of aliphatic hydroxyl groups is 1. The zero-order chi connectivity index (χ0) is 30.1. The molecular weight excluding hydrogens is 547 g/mol. The molecule has 1 saturated carbocycles. The fourth-order valence-electron chi connectivity index (χ4n) is 6.19. The summed E-state index contributed by atoms with van der Waals surface area (Å²) in [5.74, 6) is -0.113. The van der Waals surface area contributed by atoms with Crippen molar-refractivity contribution >= 4 is 39.7 Å². The standard InChI is InChI=1S/C33H37FN6O3/c1-33(2)19-40(15-13-28(33)41)22-9-11-29(36-18-22)39-27-17-26(38-25-12-14-35-32(43)30(25)27)23-10-8-21(16-24(23)34)37-31(42)20-6-4-3-5-7-20/h8-12,14,16-18,20,28,41H,3-7,13,15,19H2,1-2H3,(H,35,43)(H,37,42)(H,36,38,39)/t28-/m1/s1. The molecular formula is C33H37FN6O3. The first-order valence-electron chi connectivity index (χ1n) is 15.0. The van der Waals surface area contributed by atoms with Gasteiger partial charge in [-0.2, -0.15) is 0 Å². The number of carbonyl (C=O) groups is 1. The summed E-state index contributed by atoms with van der Waals surface area (Å²) in [5.41, 5.74) is 2.24. The summed E-state index contributed by atoms with van der Waals surface area (Å²) in [6.45, 7) is 5.56. The van der Waals surface area contributed by atoms with Crippen molar-refractivity contribution in [3.63, 3.8) is 0 Å². The molecule has 2 fully saturated rings. The molecule has 224 valence electrons. The van der Waals surface area contributed by atoms with Gasteiger partial charge in [0.1, 0.15) is 11.6 Å². The lowest BCUT2D eigenvalue weighted by molar-refractivity contribution is -0.120. The molecule has 0 spiro atoms. The van der Waals surface area contributed by atoms with Gasteiger partial charge in [-0.1, -0.05) is 33.1 Å². The van der Waals surface area contributed by atoms with Gasteiger partial charge in [0.15, 0.2) is 0 Å². The van der Waals surface area contributed by atoms with Crippen molar-refractivity contribution in [3.8, 4) is 11.3 Å².